The summed E-state index contributed by atoms with van der Waals surface area (Å²) in [5, 5.41) is 0. The molecule has 2 N–H and O–H groups in total. The number of nitrogens with zero attached hydrogens (tertiary/aromatic N) is 1. The predicted molar refractivity (Wildman–Crippen MR) is 127 cm³/mol. The Morgan fingerprint density at radius 2 is 1.55 bits per heavy atom. The molecule has 0 radical (unpaired) electrons. The third kappa shape index (κ3) is 8.06. The standard InChI is InChI=1S/C27H40N2/c1-6-24(18-28)19-29(20-27-11-8-22(4)9-12-27)23(5)17-26-15-13-25(14-16-26)10-7-21(2)3/h8-9,11-16,21,24H,5-7,10,17-20,28H2,1-4H3. The van der Waals surface area contributed by atoms with Gasteiger partial charge in [-0.05, 0) is 54.8 Å². The van der Waals surface area contributed by atoms with E-state index in [9.17, 15) is 0 Å². The summed E-state index contributed by atoms with van der Waals surface area (Å²) in [5.74, 6) is 1.24. The third-order valence-electron chi connectivity index (χ3n) is 5.77. The van der Waals surface area contributed by atoms with E-state index in [1.165, 1.54) is 34.4 Å². The van der Waals surface area contributed by atoms with Crippen LogP contribution in [-0.2, 0) is 19.4 Å². The molecule has 2 rings (SSSR count). The van der Waals surface area contributed by atoms with Gasteiger partial charge < -0.3 is 10.6 Å². The molecule has 0 aromatic heterocycles. The first-order valence-corrected chi connectivity index (χ1v) is 11.2. The molecule has 158 valence electrons. The minimum absolute atomic E-state index is 0.496. The van der Waals surface area contributed by atoms with Crippen LogP contribution in [0.5, 0.6) is 0 Å². The Morgan fingerprint density at radius 1 is 0.966 bits per heavy atom. The fourth-order valence-corrected chi connectivity index (χ4v) is 3.53. The van der Waals surface area contributed by atoms with E-state index in [1.807, 2.05) is 0 Å². The van der Waals surface area contributed by atoms with Crippen LogP contribution in [0.2, 0.25) is 0 Å². The second kappa shape index (κ2) is 11.8. The average Bonchev–Trinajstić information content (AvgIpc) is 2.72. The summed E-state index contributed by atoms with van der Waals surface area (Å²) in [4.78, 5) is 2.43. The van der Waals surface area contributed by atoms with Crippen LogP contribution in [0.4, 0.5) is 0 Å². The van der Waals surface area contributed by atoms with E-state index in [0.717, 1.165) is 44.8 Å². The highest BCUT2D eigenvalue weighted by Gasteiger charge is 2.14. The van der Waals surface area contributed by atoms with Crippen LogP contribution >= 0.6 is 0 Å². The number of hydrogen-bond acceptors (Lipinski definition) is 2. The van der Waals surface area contributed by atoms with Crippen molar-refractivity contribution >= 4 is 0 Å². The van der Waals surface area contributed by atoms with Gasteiger partial charge in [0.2, 0.25) is 0 Å². The molecule has 0 spiro atoms. The van der Waals surface area contributed by atoms with Crippen molar-refractivity contribution in [2.45, 2.75) is 59.9 Å². The molecule has 2 aromatic carbocycles. The van der Waals surface area contributed by atoms with Crippen molar-refractivity contribution in [3.8, 4) is 0 Å². The maximum atomic E-state index is 6.01. The van der Waals surface area contributed by atoms with Crippen molar-refractivity contribution in [3.63, 3.8) is 0 Å². The van der Waals surface area contributed by atoms with Crippen molar-refractivity contribution < 1.29 is 0 Å². The lowest BCUT2D eigenvalue weighted by atomic mass is 10.00. The van der Waals surface area contributed by atoms with Gasteiger partial charge >= 0.3 is 0 Å². The number of aryl methyl sites for hydroxylation is 2. The normalized spacial score (nSPS) is 12.2. The second-order valence-electron chi connectivity index (χ2n) is 8.87. The van der Waals surface area contributed by atoms with Crippen LogP contribution in [-0.4, -0.2) is 18.0 Å². The van der Waals surface area contributed by atoms with E-state index in [2.05, 4.69) is 87.7 Å². The fourth-order valence-electron chi connectivity index (χ4n) is 3.53. The van der Waals surface area contributed by atoms with Gasteiger partial charge in [-0.25, -0.2) is 0 Å². The number of benzene rings is 2. The molecule has 0 amide bonds. The lowest BCUT2D eigenvalue weighted by Crippen LogP contribution is -2.32. The number of hydrogen-bond donors (Lipinski definition) is 1. The second-order valence-corrected chi connectivity index (χ2v) is 8.87. The van der Waals surface area contributed by atoms with E-state index in [1.54, 1.807) is 0 Å². The lowest BCUT2D eigenvalue weighted by Gasteiger charge is -2.30. The molecular weight excluding hydrogens is 352 g/mol. The summed E-state index contributed by atoms with van der Waals surface area (Å²) >= 11 is 0. The molecule has 0 saturated heterocycles. The summed E-state index contributed by atoms with van der Waals surface area (Å²) in [6, 6.07) is 17.9. The Morgan fingerprint density at radius 3 is 2.10 bits per heavy atom. The zero-order valence-corrected chi connectivity index (χ0v) is 19.0. The van der Waals surface area contributed by atoms with Gasteiger partial charge in [0.15, 0.2) is 0 Å². The SMILES string of the molecule is C=C(Cc1ccc(CCC(C)C)cc1)N(Cc1ccc(C)cc1)CC(CC)CN. The Labute approximate surface area is 178 Å². The number of rotatable bonds is 12. The van der Waals surface area contributed by atoms with E-state index < -0.39 is 0 Å². The van der Waals surface area contributed by atoms with Gasteiger partial charge in [0.1, 0.15) is 0 Å². The van der Waals surface area contributed by atoms with E-state index in [-0.39, 0.29) is 0 Å². The Bertz CT molecular complexity index is 724. The molecule has 0 bridgehead atoms. The largest absolute Gasteiger partial charge is 0.370 e. The number of allylic oxidation sites excluding steroid dienone is 1. The summed E-state index contributed by atoms with van der Waals surface area (Å²) in [5.41, 5.74) is 12.6. The molecule has 0 aliphatic heterocycles. The Hall–Kier alpha value is -2.06. The average molecular weight is 393 g/mol. The zero-order chi connectivity index (χ0) is 21.2. The summed E-state index contributed by atoms with van der Waals surface area (Å²) in [7, 11) is 0. The monoisotopic (exact) mass is 392 g/mol. The summed E-state index contributed by atoms with van der Waals surface area (Å²) < 4.78 is 0. The van der Waals surface area contributed by atoms with Crippen LogP contribution in [0, 0.1) is 18.8 Å². The van der Waals surface area contributed by atoms with Crippen LogP contribution in [0.25, 0.3) is 0 Å². The fraction of sp³-hybridized carbons (Fsp3) is 0.481. The van der Waals surface area contributed by atoms with E-state index >= 15 is 0 Å². The first kappa shape index (κ1) is 23.2. The highest BCUT2D eigenvalue weighted by atomic mass is 15.1. The molecule has 1 unspecified atom stereocenters. The summed E-state index contributed by atoms with van der Waals surface area (Å²) in [6.45, 7) is 16.0. The maximum absolute atomic E-state index is 6.01. The third-order valence-corrected chi connectivity index (χ3v) is 5.77. The van der Waals surface area contributed by atoms with E-state index in [0.29, 0.717) is 5.92 Å². The van der Waals surface area contributed by atoms with Crippen LogP contribution in [0.3, 0.4) is 0 Å². The van der Waals surface area contributed by atoms with Gasteiger partial charge in [0, 0.05) is 25.2 Å². The number of nitrogens with two attached hydrogens (primary N) is 1. The smallest absolute Gasteiger partial charge is 0.0426 e. The molecule has 0 aliphatic carbocycles. The molecular formula is C27H40N2. The van der Waals surface area contributed by atoms with Crippen molar-refractivity contribution in [1.29, 1.82) is 0 Å². The first-order chi connectivity index (χ1) is 13.9. The van der Waals surface area contributed by atoms with Crippen LogP contribution in [0.15, 0.2) is 60.8 Å². The highest BCUT2D eigenvalue weighted by Crippen LogP contribution is 2.19. The molecule has 2 aromatic rings. The molecule has 0 fully saturated rings. The predicted octanol–water partition coefficient (Wildman–Crippen LogP) is 6.13. The topological polar surface area (TPSA) is 29.3 Å². The quantitative estimate of drug-likeness (QED) is 0.471. The maximum Gasteiger partial charge on any atom is 0.0426 e. The Balaban J connectivity index is 2.06. The van der Waals surface area contributed by atoms with Crippen molar-refractivity contribution in [3.05, 3.63) is 83.1 Å². The van der Waals surface area contributed by atoms with Crippen molar-refractivity contribution in [2.75, 3.05) is 13.1 Å². The van der Waals surface area contributed by atoms with Crippen LogP contribution < -0.4 is 5.73 Å². The van der Waals surface area contributed by atoms with E-state index in [4.69, 9.17) is 5.73 Å². The first-order valence-electron chi connectivity index (χ1n) is 11.2. The molecule has 0 heterocycles. The minimum Gasteiger partial charge on any atom is -0.370 e. The molecule has 29 heavy (non-hydrogen) atoms. The molecule has 2 heteroatoms. The minimum atomic E-state index is 0.496. The molecule has 0 aliphatic rings. The highest BCUT2D eigenvalue weighted by molar-refractivity contribution is 5.27. The van der Waals surface area contributed by atoms with Gasteiger partial charge in [-0.15, -0.1) is 0 Å². The summed E-state index contributed by atoms with van der Waals surface area (Å²) in [6.07, 6.45) is 4.39. The molecule has 0 saturated carbocycles. The van der Waals surface area contributed by atoms with Crippen molar-refractivity contribution in [1.82, 2.24) is 4.90 Å². The molecule has 1 atom stereocenters. The Kier molecular flexibility index (Phi) is 9.47. The van der Waals surface area contributed by atoms with Crippen molar-refractivity contribution in [2.24, 2.45) is 17.6 Å². The van der Waals surface area contributed by atoms with Crippen LogP contribution in [0.1, 0.15) is 55.9 Å². The van der Waals surface area contributed by atoms with Gasteiger partial charge in [-0.1, -0.05) is 87.9 Å². The zero-order valence-electron chi connectivity index (χ0n) is 19.0. The van der Waals surface area contributed by atoms with Gasteiger partial charge in [0.25, 0.3) is 0 Å². The van der Waals surface area contributed by atoms with Gasteiger partial charge in [0.05, 0.1) is 0 Å². The van der Waals surface area contributed by atoms with Gasteiger partial charge in [-0.3, -0.25) is 0 Å². The molecule has 2 nitrogen and oxygen atoms in total. The van der Waals surface area contributed by atoms with Gasteiger partial charge in [-0.2, -0.15) is 0 Å². The lowest BCUT2D eigenvalue weighted by molar-refractivity contribution is 0.272.